The van der Waals surface area contributed by atoms with E-state index in [4.69, 9.17) is 16.7 Å². The predicted octanol–water partition coefficient (Wildman–Crippen LogP) is 2.85. The normalized spacial score (nSPS) is 12.0. The van der Waals surface area contributed by atoms with Crippen molar-refractivity contribution in [3.05, 3.63) is 34.4 Å². The molecule has 0 aliphatic heterocycles. The number of carboxylic acid groups (broad SMARTS) is 1. The summed E-state index contributed by atoms with van der Waals surface area (Å²) in [5, 5.41) is 11.1. The van der Waals surface area contributed by atoms with Gasteiger partial charge >= 0.3 is 5.97 Å². The number of carbonyl (C=O) groups excluding carboxylic acids is 1. The van der Waals surface area contributed by atoms with Gasteiger partial charge in [0.05, 0.1) is 16.5 Å². The van der Waals surface area contributed by atoms with Crippen molar-refractivity contribution in [2.75, 3.05) is 6.54 Å². The average molecular weight is 306 g/mol. The Morgan fingerprint density at radius 3 is 2.50 bits per heavy atom. The standard InChI is InChI=1S/C13H14ClF2NO3/c1-2-3-7(13(19)20)6-17-12(18)8-4-10(15)11(16)5-9(8)14/h4-5,7H,2-3,6H2,1H3,(H,17,18)(H,19,20). The number of hydrogen-bond acceptors (Lipinski definition) is 2. The van der Waals surface area contributed by atoms with Crippen molar-refractivity contribution in [2.24, 2.45) is 5.92 Å². The molecule has 0 fully saturated rings. The SMILES string of the molecule is CCCC(CNC(=O)c1cc(F)c(F)cc1Cl)C(=O)O. The monoisotopic (exact) mass is 305 g/mol. The van der Waals surface area contributed by atoms with E-state index in [-0.39, 0.29) is 17.1 Å². The van der Waals surface area contributed by atoms with Crippen molar-refractivity contribution >= 4 is 23.5 Å². The Balaban J connectivity index is 2.76. The highest BCUT2D eigenvalue weighted by Gasteiger charge is 2.19. The molecule has 20 heavy (non-hydrogen) atoms. The van der Waals surface area contributed by atoms with Gasteiger partial charge in [0.15, 0.2) is 11.6 Å². The average Bonchev–Trinajstić information content (AvgIpc) is 2.38. The Kier molecular flexibility index (Phi) is 5.88. The molecule has 4 nitrogen and oxygen atoms in total. The van der Waals surface area contributed by atoms with Gasteiger partial charge in [0.2, 0.25) is 0 Å². The number of aliphatic carboxylic acids is 1. The van der Waals surface area contributed by atoms with Gasteiger partial charge in [0, 0.05) is 6.54 Å². The summed E-state index contributed by atoms with van der Waals surface area (Å²) in [4.78, 5) is 22.7. The zero-order chi connectivity index (χ0) is 15.3. The molecule has 7 heteroatoms. The molecule has 0 radical (unpaired) electrons. The van der Waals surface area contributed by atoms with Crippen LogP contribution in [-0.4, -0.2) is 23.5 Å². The number of carboxylic acids is 1. The first-order valence-corrected chi connectivity index (χ1v) is 6.40. The Bertz CT molecular complexity index is 523. The van der Waals surface area contributed by atoms with Crippen molar-refractivity contribution in [1.82, 2.24) is 5.32 Å². The molecular formula is C13H14ClF2NO3. The molecule has 0 bridgehead atoms. The molecule has 1 aromatic carbocycles. The number of hydrogen-bond donors (Lipinski definition) is 2. The van der Waals surface area contributed by atoms with Crippen molar-refractivity contribution in [2.45, 2.75) is 19.8 Å². The third-order valence-corrected chi connectivity index (χ3v) is 3.06. The van der Waals surface area contributed by atoms with Crippen molar-refractivity contribution in [3.63, 3.8) is 0 Å². The molecule has 0 spiro atoms. The number of halogens is 3. The lowest BCUT2D eigenvalue weighted by Gasteiger charge is -2.13. The topological polar surface area (TPSA) is 66.4 Å². The van der Waals surface area contributed by atoms with E-state index in [9.17, 15) is 18.4 Å². The van der Waals surface area contributed by atoms with Crippen LogP contribution in [0.4, 0.5) is 8.78 Å². The van der Waals surface area contributed by atoms with Crippen molar-refractivity contribution < 1.29 is 23.5 Å². The highest BCUT2D eigenvalue weighted by atomic mass is 35.5. The van der Waals surface area contributed by atoms with Gasteiger partial charge in [-0.1, -0.05) is 24.9 Å². The Labute approximate surface area is 119 Å². The molecule has 0 heterocycles. The van der Waals surface area contributed by atoms with Gasteiger partial charge in [-0.2, -0.15) is 0 Å². The summed E-state index contributed by atoms with van der Waals surface area (Å²) in [5.74, 6) is -4.84. The number of amides is 1. The van der Waals surface area contributed by atoms with Gasteiger partial charge < -0.3 is 10.4 Å². The lowest BCUT2D eigenvalue weighted by atomic mass is 10.0. The van der Waals surface area contributed by atoms with Gasteiger partial charge in [-0.3, -0.25) is 9.59 Å². The molecule has 1 amide bonds. The van der Waals surface area contributed by atoms with E-state index in [2.05, 4.69) is 5.32 Å². The van der Waals surface area contributed by atoms with E-state index in [1.54, 1.807) is 0 Å². The van der Waals surface area contributed by atoms with E-state index < -0.39 is 29.4 Å². The first-order valence-electron chi connectivity index (χ1n) is 6.02. The minimum Gasteiger partial charge on any atom is -0.481 e. The first-order chi connectivity index (χ1) is 9.36. The van der Waals surface area contributed by atoms with Crippen LogP contribution in [0.2, 0.25) is 5.02 Å². The van der Waals surface area contributed by atoms with Crippen molar-refractivity contribution in [1.29, 1.82) is 0 Å². The highest BCUT2D eigenvalue weighted by Crippen LogP contribution is 2.20. The summed E-state index contributed by atoms with van der Waals surface area (Å²) in [6.07, 6.45) is 1.06. The minimum atomic E-state index is -1.19. The van der Waals surface area contributed by atoms with E-state index in [0.29, 0.717) is 25.0 Å². The minimum absolute atomic E-state index is 0.0999. The maximum atomic E-state index is 13.1. The first kappa shape index (κ1) is 16.4. The largest absolute Gasteiger partial charge is 0.481 e. The van der Waals surface area contributed by atoms with Crippen LogP contribution in [0, 0.1) is 17.6 Å². The van der Waals surface area contributed by atoms with E-state index >= 15 is 0 Å². The van der Waals surface area contributed by atoms with E-state index in [1.165, 1.54) is 0 Å². The highest BCUT2D eigenvalue weighted by molar-refractivity contribution is 6.33. The fraction of sp³-hybridized carbons (Fsp3) is 0.385. The smallest absolute Gasteiger partial charge is 0.308 e. The molecule has 110 valence electrons. The number of carbonyl (C=O) groups is 2. The lowest BCUT2D eigenvalue weighted by Crippen LogP contribution is -2.33. The van der Waals surface area contributed by atoms with Crippen molar-refractivity contribution in [3.8, 4) is 0 Å². The maximum absolute atomic E-state index is 13.1. The van der Waals surface area contributed by atoms with Crippen LogP contribution in [0.25, 0.3) is 0 Å². The summed E-state index contributed by atoms with van der Waals surface area (Å²) in [6, 6.07) is 1.38. The molecule has 1 aromatic rings. The van der Waals surface area contributed by atoms with Gasteiger partial charge in [-0.15, -0.1) is 0 Å². The van der Waals surface area contributed by atoms with Gasteiger partial charge in [0.25, 0.3) is 5.91 Å². The second-order valence-corrected chi connectivity index (χ2v) is 4.69. The van der Waals surface area contributed by atoms with Crippen LogP contribution in [0.1, 0.15) is 30.1 Å². The quantitative estimate of drug-likeness (QED) is 0.794. The molecular weight excluding hydrogens is 292 g/mol. The second kappa shape index (κ2) is 7.19. The Morgan fingerprint density at radius 2 is 1.95 bits per heavy atom. The van der Waals surface area contributed by atoms with Gasteiger partial charge in [0.1, 0.15) is 0 Å². The Morgan fingerprint density at radius 1 is 1.35 bits per heavy atom. The molecule has 0 aliphatic carbocycles. The van der Waals surface area contributed by atoms with Crippen LogP contribution in [0.5, 0.6) is 0 Å². The summed E-state index contributed by atoms with van der Waals surface area (Å²) in [6.45, 7) is 1.72. The van der Waals surface area contributed by atoms with E-state index in [0.717, 1.165) is 0 Å². The molecule has 0 saturated carbocycles. The predicted molar refractivity (Wildman–Crippen MR) is 69.7 cm³/mol. The van der Waals surface area contributed by atoms with Crippen LogP contribution in [-0.2, 0) is 4.79 Å². The summed E-state index contributed by atoms with van der Waals surface area (Å²) in [7, 11) is 0. The summed E-state index contributed by atoms with van der Waals surface area (Å²) >= 11 is 5.65. The van der Waals surface area contributed by atoms with Crippen LogP contribution in [0.15, 0.2) is 12.1 Å². The van der Waals surface area contributed by atoms with Gasteiger partial charge in [-0.25, -0.2) is 8.78 Å². The molecule has 0 aliphatic rings. The summed E-state index contributed by atoms with van der Waals surface area (Å²) < 4.78 is 25.9. The number of rotatable bonds is 6. The second-order valence-electron chi connectivity index (χ2n) is 4.28. The third kappa shape index (κ3) is 4.16. The van der Waals surface area contributed by atoms with Gasteiger partial charge in [-0.05, 0) is 18.6 Å². The fourth-order valence-electron chi connectivity index (χ4n) is 1.67. The molecule has 1 unspecified atom stereocenters. The number of benzene rings is 1. The van der Waals surface area contributed by atoms with Crippen LogP contribution >= 0.6 is 11.6 Å². The fourth-order valence-corrected chi connectivity index (χ4v) is 1.91. The number of nitrogens with one attached hydrogen (secondary N) is 1. The summed E-state index contributed by atoms with van der Waals surface area (Å²) in [5.41, 5.74) is -0.230. The van der Waals surface area contributed by atoms with Crippen LogP contribution in [0.3, 0.4) is 0 Å². The zero-order valence-corrected chi connectivity index (χ0v) is 11.5. The lowest BCUT2D eigenvalue weighted by molar-refractivity contribution is -0.141. The molecule has 1 atom stereocenters. The molecule has 0 aromatic heterocycles. The Hall–Kier alpha value is -1.69. The molecule has 1 rings (SSSR count). The van der Waals surface area contributed by atoms with E-state index in [1.807, 2.05) is 6.92 Å². The maximum Gasteiger partial charge on any atom is 0.308 e. The molecule has 0 saturated heterocycles. The zero-order valence-electron chi connectivity index (χ0n) is 10.8. The third-order valence-electron chi connectivity index (χ3n) is 2.75. The molecule has 2 N–H and O–H groups in total. The van der Waals surface area contributed by atoms with Crippen LogP contribution < -0.4 is 5.32 Å².